The normalized spacial score (nSPS) is 10.4. The predicted octanol–water partition coefficient (Wildman–Crippen LogP) is 4.90. The first-order chi connectivity index (χ1) is 14.3. The summed E-state index contributed by atoms with van der Waals surface area (Å²) in [5.74, 6) is -1.28. The van der Waals surface area contributed by atoms with Crippen molar-refractivity contribution in [2.75, 3.05) is 11.9 Å². The number of carbonyl (C=O) groups excluding carboxylic acids is 3. The molecule has 1 amide bonds. The molecule has 0 saturated carbocycles. The Kier molecular flexibility index (Phi) is 6.42. The van der Waals surface area contributed by atoms with E-state index in [0.717, 1.165) is 16.7 Å². The zero-order valence-electron chi connectivity index (χ0n) is 17.2. The maximum absolute atomic E-state index is 12.6. The molecule has 0 spiro atoms. The molecule has 152 valence electrons. The Morgan fingerprint density at radius 2 is 1.47 bits per heavy atom. The van der Waals surface area contributed by atoms with Crippen molar-refractivity contribution in [1.82, 2.24) is 0 Å². The van der Waals surface area contributed by atoms with Crippen molar-refractivity contribution in [3.63, 3.8) is 0 Å². The number of anilines is 1. The van der Waals surface area contributed by atoms with Gasteiger partial charge in [0.15, 0.2) is 6.61 Å². The highest BCUT2D eigenvalue weighted by molar-refractivity contribution is 6.08. The largest absolute Gasteiger partial charge is 0.454 e. The molecule has 0 aliphatic rings. The van der Waals surface area contributed by atoms with Crippen LogP contribution in [0.3, 0.4) is 0 Å². The number of benzene rings is 3. The third kappa shape index (κ3) is 5.00. The number of Topliss-reactive ketones (excluding diaryl/α,β-unsaturated/α-hetero) is 1. The SMILES string of the molecule is Cc1ccc(C(=O)Nc2ccccc2C(=O)OCC(=O)c2cc(C)ccc2C)cc1. The molecular formula is C25H23NO4. The van der Waals surface area contributed by atoms with Crippen molar-refractivity contribution < 1.29 is 19.1 Å². The quantitative estimate of drug-likeness (QED) is 0.471. The first-order valence-corrected chi connectivity index (χ1v) is 9.60. The monoisotopic (exact) mass is 401 g/mol. The zero-order chi connectivity index (χ0) is 21.7. The van der Waals surface area contributed by atoms with Gasteiger partial charge in [-0.15, -0.1) is 0 Å². The zero-order valence-corrected chi connectivity index (χ0v) is 17.2. The van der Waals surface area contributed by atoms with Crippen LogP contribution in [-0.4, -0.2) is 24.3 Å². The summed E-state index contributed by atoms with van der Waals surface area (Å²) in [4.78, 5) is 37.6. The number of aryl methyl sites for hydroxylation is 3. The van der Waals surface area contributed by atoms with Gasteiger partial charge < -0.3 is 10.1 Å². The topological polar surface area (TPSA) is 72.5 Å². The van der Waals surface area contributed by atoms with Crippen molar-refractivity contribution in [3.05, 3.63) is 100 Å². The van der Waals surface area contributed by atoms with Gasteiger partial charge in [0.1, 0.15) is 0 Å². The van der Waals surface area contributed by atoms with Crippen molar-refractivity contribution in [2.24, 2.45) is 0 Å². The Bertz CT molecular complexity index is 1100. The van der Waals surface area contributed by atoms with Crippen LogP contribution in [0.25, 0.3) is 0 Å². The van der Waals surface area contributed by atoms with E-state index in [2.05, 4.69) is 5.32 Å². The van der Waals surface area contributed by atoms with Crippen LogP contribution in [-0.2, 0) is 4.74 Å². The van der Waals surface area contributed by atoms with E-state index >= 15 is 0 Å². The summed E-state index contributed by atoms with van der Waals surface area (Å²) < 4.78 is 5.24. The number of para-hydroxylation sites is 1. The molecule has 30 heavy (non-hydrogen) atoms. The molecule has 0 bridgehead atoms. The fourth-order valence-electron chi connectivity index (χ4n) is 2.99. The summed E-state index contributed by atoms with van der Waals surface area (Å²) in [6.07, 6.45) is 0. The molecule has 1 N–H and O–H groups in total. The van der Waals surface area contributed by atoms with E-state index < -0.39 is 5.97 Å². The molecule has 3 aromatic carbocycles. The Morgan fingerprint density at radius 1 is 0.800 bits per heavy atom. The van der Waals surface area contributed by atoms with Gasteiger partial charge in [-0.25, -0.2) is 4.79 Å². The number of amides is 1. The van der Waals surface area contributed by atoms with Crippen molar-refractivity contribution in [3.8, 4) is 0 Å². The van der Waals surface area contributed by atoms with E-state index in [1.165, 1.54) is 0 Å². The number of rotatable bonds is 6. The van der Waals surface area contributed by atoms with Gasteiger partial charge >= 0.3 is 5.97 Å². The maximum Gasteiger partial charge on any atom is 0.340 e. The average molecular weight is 401 g/mol. The van der Waals surface area contributed by atoms with Crippen molar-refractivity contribution >= 4 is 23.3 Å². The summed E-state index contributed by atoms with van der Waals surface area (Å²) in [5.41, 5.74) is 4.35. The van der Waals surface area contributed by atoms with Gasteiger partial charge in [-0.3, -0.25) is 9.59 Å². The predicted molar refractivity (Wildman–Crippen MR) is 116 cm³/mol. The lowest BCUT2D eigenvalue weighted by molar-refractivity contribution is 0.0475. The van der Waals surface area contributed by atoms with Crippen LogP contribution in [0, 0.1) is 20.8 Å². The van der Waals surface area contributed by atoms with Crippen molar-refractivity contribution in [1.29, 1.82) is 0 Å². The van der Waals surface area contributed by atoms with Crippen LogP contribution < -0.4 is 5.32 Å². The van der Waals surface area contributed by atoms with Crippen LogP contribution >= 0.6 is 0 Å². The van der Waals surface area contributed by atoms with Gasteiger partial charge in [0.05, 0.1) is 11.3 Å². The number of ketones is 1. The number of ether oxygens (including phenoxy) is 1. The van der Waals surface area contributed by atoms with Gasteiger partial charge in [0, 0.05) is 11.1 Å². The van der Waals surface area contributed by atoms with Crippen molar-refractivity contribution in [2.45, 2.75) is 20.8 Å². The van der Waals surface area contributed by atoms with Crippen LogP contribution in [0.4, 0.5) is 5.69 Å². The number of hydrogen-bond acceptors (Lipinski definition) is 4. The van der Waals surface area contributed by atoms with Crippen LogP contribution in [0.1, 0.15) is 47.8 Å². The van der Waals surface area contributed by atoms with Gasteiger partial charge in [0.2, 0.25) is 5.78 Å². The molecule has 3 rings (SSSR count). The molecule has 0 heterocycles. The molecule has 5 heteroatoms. The minimum absolute atomic E-state index is 0.187. The minimum atomic E-state index is -0.673. The molecule has 0 atom stereocenters. The number of nitrogens with one attached hydrogen (secondary N) is 1. The Morgan fingerprint density at radius 3 is 2.20 bits per heavy atom. The smallest absolute Gasteiger partial charge is 0.340 e. The molecule has 0 aromatic heterocycles. The molecule has 0 fully saturated rings. The van der Waals surface area contributed by atoms with Crippen LogP contribution in [0.5, 0.6) is 0 Å². The van der Waals surface area contributed by atoms with Gasteiger partial charge in [-0.1, -0.05) is 47.5 Å². The molecule has 0 radical (unpaired) electrons. The standard InChI is InChI=1S/C25H23NO4/c1-16-9-12-19(13-10-16)24(28)26-22-7-5-4-6-20(22)25(29)30-15-23(27)21-14-17(2)8-11-18(21)3/h4-14H,15H2,1-3H3,(H,26,28). The third-order valence-electron chi connectivity index (χ3n) is 4.74. The summed E-state index contributed by atoms with van der Waals surface area (Å²) in [7, 11) is 0. The molecule has 5 nitrogen and oxygen atoms in total. The highest BCUT2D eigenvalue weighted by Gasteiger charge is 2.18. The maximum atomic E-state index is 12.6. The second-order valence-corrected chi connectivity index (χ2v) is 7.18. The average Bonchev–Trinajstić information content (AvgIpc) is 2.74. The lowest BCUT2D eigenvalue weighted by Crippen LogP contribution is -2.18. The second kappa shape index (κ2) is 9.18. The summed E-state index contributed by atoms with van der Waals surface area (Å²) >= 11 is 0. The lowest BCUT2D eigenvalue weighted by Gasteiger charge is -2.11. The van der Waals surface area contributed by atoms with E-state index in [-0.39, 0.29) is 23.9 Å². The van der Waals surface area contributed by atoms with E-state index in [4.69, 9.17) is 4.74 Å². The Balaban J connectivity index is 1.71. The first kappa shape index (κ1) is 21.0. The summed E-state index contributed by atoms with van der Waals surface area (Å²) in [5, 5.41) is 2.74. The van der Waals surface area contributed by atoms with Gasteiger partial charge in [-0.05, 0) is 56.7 Å². The van der Waals surface area contributed by atoms with Gasteiger partial charge in [-0.2, -0.15) is 0 Å². The van der Waals surface area contributed by atoms with E-state index in [1.54, 1.807) is 42.5 Å². The van der Waals surface area contributed by atoms with E-state index in [1.807, 2.05) is 45.0 Å². The molecule has 0 unspecified atom stereocenters. The first-order valence-electron chi connectivity index (χ1n) is 9.60. The minimum Gasteiger partial charge on any atom is -0.454 e. The Labute approximate surface area is 175 Å². The fourth-order valence-corrected chi connectivity index (χ4v) is 2.99. The fraction of sp³-hybridized carbons (Fsp3) is 0.160. The van der Waals surface area contributed by atoms with Gasteiger partial charge in [0.25, 0.3) is 5.91 Å². The summed E-state index contributed by atoms with van der Waals surface area (Å²) in [6, 6.07) is 19.2. The highest BCUT2D eigenvalue weighted by atomic mass is 16.5. The number of esters is 1. The molecule has 0 saturated heterocycles. The van der Waals surface area contributed by atoms with E-state index in [0.29, 0.717) is 16.8 Å². The lowest BCUT2D eigenvalue weighted by atomic mass is 10.0. The molecule has 3 aromatic rings. The number of carbonyl (C=O) groups is 3. The number of hydrogen-bond donors (Lipinski definition) is 1. The van der Waals surface area contributed by atoms with E-state index in [9.17, 15) is 14.4 Å². The summed E-state index contributed by atoms with van der Waals surface area (Å²) in [6.45, 7) is 5.30. The molecule has 0 aliphatic carbocycles. The molecular weight excluding hydrogens is 378 g/mol. The third-order valence-corrected chi connectivity index (χ3v) is 4.74. The molecule has 0 aliphatic heterocycles. The highest BCUT2D eigenvalue weighted by Crippen LogP contribution is 2.18. The Hall–Kier alpha value is -3.73. The van der Waals surface area contributed by atoms with Crippen LogP contribution in [0.2, 0.25) is 0 Å². The van der Waals surface area contributed by atoms with Crippen LogP contribution in [0.15, 0.2) is 66.7 Å². The second-order valence-electron chi connectivity index (χ2n) is 7.18.